The van der Waals surface area contributed by atoms with Crippen molar-refractivity contribution in [2.75, 3.05) is 0 Å². The Kier molecular flexibility index (Phi) is 3.12. The molecular formula is C9H7BrO2. The van der Waals surface area contributed by atoms with Crippen molar-refractivity contribution in [1.29, 1.82) is 0 Å². The van der Waals surface area contributed by atoms with Crippen LogP contribution in [0.5, 0.6) is 0 Å². The second kappa shape index (κ2) is 4.13. The summed E-state index contributed by atoms with van der Waals surface area (Å²) in [5.41, 5.74) is 0. The number of rotatable bonds is 3. The van der Waals surface area contributed by atoms with E-state index >= 15 is 0 Å². The summed E-state index contributed by atoms with van der Waals surface area (Å²) in [6, 6.07) is 1.68. The van der Waals surface area contributed by atoms with Gasteiger partial charge in [0.2, 0.25) is 0 Å². The van der Waals surface area contributed by atoms with E-state index in [2.05, 4.69) is 21.9 Å². The number of terminal acetylenes is 1. The van der Waals surface area contributed by atoms with Gasteiger partial charge < -0.3 is 4.42 Å². The third-order valence-corrected chi connectivity index (χ3v) is 1.99. The lowest BCUT2D eigenvalue weighted by atomic mass is 10.2. The van der Waals surface area contributed by atoms with Gasteiger partial charge in [0.05, 0.1) is 10.7 Å². The number of furan rings is 1. The molecule has 0 aliphatic rings. The van der Waals surface area contributed by atoms with Gasteiger partial charge in [-0.15, -0.1) is 12.3 Å². The largest absolute Gasteiger partial charge is 0.460 e. The molecule has 1 aromatic heterocycles. The van der Waals surface area contributed by atoms with Crippen molar-refractivity contribution in [3.8, 4) is 12.3 Å². The van der Waals surface area contributed by atoms with Crippen molar-refractivity contribution in [1.82, 2.24) is 0 Å². The van der Waals surface area contributed by atoms with Crippen LogP contribution < -0.4 is 0 Å². The Hall–Kier alpha value is -1.01. The molecule has 1 rings (SSSR count). The molecule has 0 unspecified atom stereocenters. The highest BCUT2D eigenvalue weighted by Crippen LogP contribution is 2.19. The van der Waals surface area contributed by atoms with Crippen LogP contribution in [-0.2, 0) is 0 Å². The highest BCUT2D eigenvalue weighted by molar-refractivity contribution is 9.10. The van der Waals surface area contributed by atoms with Crippen LogP contribution in [0.25, 0.3) is 0 Å². The summed E-state index contributed by atoms with van der Waals surface area (Å²) in [5, 5.41) is 0. The topological polar surface area (TPSA) is 30.2 Å². The number of Topliss-reactive ketones (excluding diaryl/α,β-unsaturated/α-hetero) is 1. The molecule has 2 nitrogen and oxygen atoms in total. The van der Waals surface area contributed by atoms with Crippen LogP contribution in [0, 0.1) is 12.3 Å². The second-order valence-electron chi connectivity index (χ2n) is 2.22. The summed E-state index contributed by atoms with van der Waals surface area (Å²) in [7, 11) is 0. The summed E-state index contributed by atoms with van der Waals surface area (Å²) >= 11 is 3.19. The van der Waals surface area contributed by atoms with E-state index in [-0.39, 0.29) is 5.78 Å². The zero-order valence-electron chi connectivity index (χ0n) is 6.34. The lowest BCUT2D eigenvalue weighted by Crippen LogP contribution is -1.96. The third-order valence-electron chi connectivity index (χ3n) is 1.37. The van der Waals surface area contributed by atoms with Gasteiger partial charge in [0.1, 0.15) is 0 Å². The first-order chi connectivity index (χ1) is 5.75. The molecule has 0 bridgehead atoms. The normalized spacial score (nSPS) is 9.33. The summed E-state index contributed by atoms with van der Waals surface area (Å²) in [6.07, 6.45) is 7.28. The van der Waals surface area contributed by atoms with Crippen molar-refractivity contribution in [2.24, 2.45) is 0 Å². The van der Waals surface area contributed by atoms with Gasteiger partial charge in [0.15, 0.2) is 11.5 Å². The van der Waals surface area contributed by atoms with Crippen LogP contribution in [0.15, 0.2) is 21.2 Å². The minimum atomic E-state index is -0.0650. The lowest BCUT2D eigenvalue weighted by Gasteiger charge is -1.92. The predicted octanol–water partition coefficient (Wildman–Crippen LogP) is 2.64. The van der Waals surface area contributed by atoms with E-state index in [1.807, 2.05) is 0 Å². The molecule has 0 spiro atoms. The van der Waals surface area contributed by atoms with Crippen LogP contribution >= 0.6 is 15.9 Å². The van der Waals surface area contributed by atoms with E-state index in [1.165, 1.54) is 6.26 Å². The summed E-state index contributed by atoms with van der Waals surface area (Å²) in [5.74, 6) is 2.69. The van der Waals surface area contributed by atoms with Gasteiger partial charge in [-0.2, -0.15) is 0 Å². The van der Waals surface area contributed by atoms with Crippen LogP contribution in [0.2, 0.25) is 0 Å². The number of hydrogen-bond donors (Lipinski definition) is 0. The van der Waals surface area contributed by atoms with Crippen LogP contribution in [0.3, 0.4) is 0 Å². The maximum atomic E-state index is 11.3. The number of hydrogen-bond acceptors (Lipinski definition) is 2. The van der Waals surface area contributed by atoms with E-state index in [1.54, 1.807) is 6.07 Å². The molecule has 0 amide bonds. The zero-order chi connectivity index (χ0) is 8.97. The van der Waals surface area contributed by atoms with Crippen molar-refractivity contribution >= 4 is 21.7 Å². The Morgan fingerprint density at radius 1 is 1.75 bits per heavy atom. The van der Waals surface area contributed by atoms with Crippen molar-refractivity contribution < 1.29 is 9.21 Å². The number of carbonyl (C=O) groups excluding carboxylic acids is 1. The molecule has 0 fully saturated rings. The van der Waals surface area contributed by atoms with E-state index < -0.39 is 0 Å². The van der Waals surface area contributed by atoms with Crippen molar-refractivity contribution in [3.05, 3.63) is 22.6 Å². The molecular weight excluding hydrogens is 220 g/mol. The smallest absolute Gasteiger partial charge is 0.200 e. The molecule has 1 aromatic rings. The fourth-order valence-electron chi connectivity index (χ4n) is 0.792. The highest BCUT2D eigenvalue weighted by atomic mass is 79.9. The molecule has 0 N–H and O–H groups in total. The minimum absolute atomic E-state index is 0.0650. The maximum absolute atomic E-state index is 11.3. The fraction of sp³-hybridized carbons (Fsp3) is 0.222. The van der Waals surface area contributed by atoms with Crippen molar-refractivity contribution in [3.63, 3.8) is 0 Å². The van der Waals surface area contributed by atoms with Gasteiger partial charge in [0, 0.05) is 12.8 Å². The van der Waals surface area contributed by atoms with Gasteiger partial charge in [-0.3, -0.25) is 4.79 Å². The molecule has 1 heterocycles. The summed E-state index contributed by atoms with van der Waals surface area (Å²) in [6.45, 7) is 0. The average Bonchev–Trinajstić information content (AvgIpc) is 2.47. The summed E-state index contributed by atoms with van der Waals surface area (Å²) in [4.78, 5) is 11.3. The molecule has 0 saturated carbocycles. The Morgan fingerprint density at radius 3 is 3.00 bits per heavy atom. The zero-order valence-corrected chi connectivity index (χ0v) is 7.93. The average molecular weight is 227 g/mol. The minimum Gasteiger partial charge on any atom is -0.460 e. The lowest BCUT2D eigenvalue weighted by molar-refractivity contribution is 0.0956. The van der Waals surface area contributed by atoms with Gasteiger partial charge in [-0.25, -0.2) is 0 Å². The van der Waals surface area contributed by atoms with E-state index in [4.69, 9.17) is 10.8 Å². The molecule has 0 aromatic carbocycles. The first kappa shape index (κ1) is 9.08. The number of halogens is 1. The first-order valence-electron chi connectivity index (χ1n) is 3.45. The molecule has 3 heteroatoms. The Morgan fingerprint density at radius 2 is 2.50 bits per heavy atom. The maximum Gasteiger partial charge on any atom is 0.200 e. The van der Waals surface area contributed by atoms with Gasteiger partial charge >= 0.3 is 0 Å². The standard InChI is InChI=1S/C9H7BrO2/c1-2-3-4-8(11)9-7(10)5-6-12-9/h1,5-6H,3-4H2. The molecule has 62 valence electrons. The third kappa shape index (κ3) is 1.99. The number of carbonyl (C=O) groups is 1. The van der Waals surface area contributed by atoms with Crippen LogP contribution in [-0.4, -0.2) is 5.78 Å². The van der Waals surface area contributed by atoms with E-state index in [0.29, 0.717) is 23.1 Å². The fourth-order valence-corrected chi connectivity index (χ4v) is 1.21. The molecule has 0 atom stereocenters. The monoisotopic (exact) mass is 226 g/mol. The SMILES string of the molecule is C#CCCC(=O)c1occc1Br. The first-order valence-corrected chi connectivity index (χ1v) is 4.24. The molecule has 0 aliphatic carbocycles. The van der Waals surface area contributed by atoms with Crippen LogP contribution in [0.4, 0.5) is 0 Å². The number of ketones is 1. The van der Waals surface area contributed by atoms with Crippen LogP contribution in [0.1, 0.15) is 23.4 Å². The summed E-state index contributed by atoms with van der Waals surface area (Å²) < 4.78 is 5.64. The van der Waals surface area contributed by atoms with E-state index in [0.717, 1.165) is 0 Å². The Bertz CT molecular complexity index is 320. The van der Waals surface area contributed by atoms with Crippen molar-refractivity contribution in [2.45, 2.75) is 12.8 Å². The molecule has 0 aliphatic heterocycles. The Balaban J connectivity index is 2.67. The Labute approximate surface area is 79.1 Å². The quantitative estimate of drug-likeness (QED) is 0.586. The van der Waals surface area contributed by atoms with Gasteiger partial charge in [-0.1, -0.05) is 0 Å². The van der Waals surface area contributed by atoms with E-state index in [9.17, 15) is 4.79 Å². The second-order valence-corrected chi connectivity index (χ2v) is 3.08. The predicted molar refractivity (Wildman–Crippen MR) is 48.8 cm³/mol. The molecule has 0 radical (unpaired) electrons. The van der Waals surface area contributed by atoms with Gasteiger partial charge in [-0.05, 0) is 22.0 Å². The van der Waals surface area contributed by atoms with Gasteiger partial charge in [0.25, 0.3) is 0 Å². The molecule has 0 saturated heterocycles. The highest BCUT2D eigenvalue weighted by Gasteiger charge is 2.12. The molecule has 12 heavy (non-hydrogen) atoms.